The summed E-state index contributed by atoms with van der Waals surface area (Å²) >= 11 is 0. The number of imidazole rings is 1. The van der Waals surface area contributed by atoms with E-state index in [1.165, 1.54) is 37.9 Å². The number of piperidine rings is 1. The summed E-state index contributed by atoms with van der Waals surface area (Å²) in [6.07, 6.45) is 10.2. The first-order chi connectivity index (χ1) is 22.9. The number of benzene rings is 3. The van der Waals surface area contributed by atoms with E-state index in [2.05, 4.69) is 88.9 Å². The summed E-state index contributed by atoms with van der Waals surface area (Å²) in [6, 6.07) is 30.9. The van der Waals surface area contributed by atoms with E-state index in [4.69, 9.17) is 9.82 Å². The van der Waals surface area contributed by atoms with Crippen molar-refractivity contribution in [1.29, 1.82) is 0 Å². The van der Waals surface area contributed by atoms with Gasteiger partial charge in [0.1, 0.15) is 5.54 Å². The molecule has 1 saturated carbocycles. The third-order valence-electron chi connectivity index (χ3n) is 10.4. The van der Waals surface area contributed by atoms with E-state index in [1.807, 2.05) is 29.4 Å². The fourth-order valence-corrected chi connectivity index (χ4v) is 7.97. The van der Waals surface area contributed by atoms with Crippen LogP contribution < -0.4 is 5.32 Å². The molecule has 4 aromatic rings. The largest absolute Gasteiger partial charge is 0.338 e. The van der Waals surface area contributed by atoms with Gasteiger partial charge >= 0.3 is 0 Å². The molecule has 1 aliphatic heterocycles. The lowest BCUT2D eigenvalue weighted by Crippen LogP contribution is -2.56. The van der Waals surface area contributed by atoms with Crippen LogP contribution in [-0.2, 0) is 26.4 Å². The molecule has 0 spiro atoms. The van der Waals surface area contributed by atoms with Gasteiger partial charge in [0.2, 0.25) is 5.91 Å². The van der Waals surface area contributed by atoms with Crippen LogP contribution in [0.2, 0.25) is 0 Å². The Labute approximate surface area is 278 Å². The number of hydrogen-bond donors (Lipinski definition) is 1. The van der Waals surface area contributed by atoms with Crippen molar-refractivity contribution < 1.29 is 14.4 Å². The number of hydroxylamine groups is 2. The molecule has 0 bridgehead atoms. The number of aromatic nitrogens is 2. The molecule has 2 amide bonds. The molecule has 1 N–H and O–H groups in total. The molecule has 8 nitrogen and oxygen atoms in total. The van der Waals surface area contributed by atoms with Crippen LogP contribution in [0.5, 0.6) is 0 Å². The molecular weight excluding hydrogens is 586 g/mol. The molecule has 1 aromatic heterocycles. The average Bonchev–Trinajstić information content (AvgIpc) is 3.59. The molecule has 6 rings (SSSR count). The molecule has 4 atom stereocenters. The van der Waals surface area contributed by atoms with E-state index in [9.17, 15) is 9.59 Å². The lowest BCUT2D eigenvalue weighted by molar-refractivity contribution is -0.171. The fraction of sp³-hybridized carbons (Fsp3) is 0.410. The van der Waals surface area contributed by atoms with Crippen molar-refractivity contribution in [3.8, 4) is 0 Å². The van der Waals surface area contributed by atoms with Gasteiger partial charge in [-0.1, -0.05) is 110 Å². The van der Waals surface area contributed by atoms with Gasteiger partial charge in [-0.15, -0.1) is 0 Å². The summed E-state index contributed by atoms with van der Waals surface area (Å²) in [7, 11) is 3.13. The number of nitrogens with zero attached hydrogens (tertiary/aromatic N) is 4. The van der Waals surface area contributed by atoms with Crippen LogP contribution in [0, 0.1) is 11.8 Å². The minimum atomic E-state index is -0.689. The second-order valence-corrected chi connectivity index (χ2v) is 13.1. The lowest BCUT2D eigenvalue weighted by Gasteiger charge is -2.46. The van der Waals surface area contributed by atoms with Gasteiger partial charge < -0.3 is 14.8 Å². The maximum absolute atomic E-state index is 13.7. The quantitative estimate of drug-likeness (QED) is 0.170. The van der Waals surface area contributed by atoms with Crippen LogP contribution in [0.15, 0.2) is 104 Å². The number of carbonyl (C=O) groups excluding carboxylic acids is 2. The molecule has 1 saturated heterocycles. The Morgan fingerprint density at radius 1 is 0.915 bits per heavy atom. The first kappa shape index (κ1) is 32.7. The standard InChI is InChI=1S/C39H47N5O3/c1-29(45)44-26-31-16-14-13-15-30(31)23-36(44)25-40-37(38(46)42(2)47-3)24-35-27-43(28-41-35)39(32-17-7-4-8-18-32,33-19-9-5-10-20-33)34-21-11-6-12-22-34/h4-12,17-22,27-28,30-31,36-37,40H,13-16,23-26H2,1-3H3/t30-,31-,36+,37?/m1/s1. The Bertz CT molecular complexity index is 1510. The van der Waals surface area contributed by atoms with Gasteiger partial charge in [-0.25, -0.2) is 10.0 Å². The number of hydrogen-bond acceptors (Lipinski definition) is 5. The Kier molecular flexibility index (Phi) is 10.2. The van der Waals surface area contributed by atoms with Crippen LogP contribution in [-0.4, -0.2) is 70.7 Å². The zero-order chi connectivity index (χ0) is 32.8. The second-order valence-electron chi connectivity index (χ2n) is 13.1. The summed E-state index contributed by atoms with van der Waals surface area (Å²) in [6.45, 7) is 3.02. The Balaban J connectivity index is 1.32. The summed E-state index contributed by atoms with van der Waals surface area (Å²) in [5.41, 5.74) is 3.41. The molecule has 1 unspecified atom stereocenters. The first-order valence-electron chi connectivity index (χ1n) is 16.9. The minimum absolute atomic E-state index is 0.0504. The number of likely N-dealkylation sites (tertiary alicyclic amines) is 1. The molecule has 2 heterocycles. The molecule has 2 aliphatic rings. The van der Waals surface area contributed by atoms with Crippen LogP contribution in [0.4, 0.5) is 0 Å². The fourth-order valence-electron chi connectivity index (χ4n) is 7.97. The minimum Gasteiger partial charge on any atom is -0.338 e. The third-order valence-corrected chi connectivity index (χ3v) is 10.4. The van der Waals surface area contributed by atoms with E-state index in [0.717, 1.165) is 35.3 Å². The Hall–Kier alpha value is -4.27. The Morgan fingerprint density at radius 3 is 2.00 bits per heavy atom. The maximum atomic E-state index is 13.7. The molecule has 246 valence electrons. The van der Waals surface area contributed by atoms with Crippen molar-refractivity contribution in [1.82, 2.24) is 24.8 Å². The number of rotatable bonds is 11. The third kappa shape index (κ3) is 6.76. The van der Waals surface area contributed by atoms with Gasteiger partial charge in [-0.2, -0.15) is 0 Å². The van der Waals surface area contributed by atoms with E-state index in [-0.39, 0.29) is 17.9 Å². The van der Waals surface area contributed by atoms with Crippen molar-refractivity contribution >= 4 is 11.8 Å². The zero-order valence-electron chi connectivity index (χ0n) is 27.8. The molecule has 2 fully saturated rings. The first-order valence-corrected chi connectivity index (χ1v) is 16.9. The molecule has 1 aliphatic carbocycles. The normalized spacial score (nSPS) is 20.3. The monoisotopic (exact) mass is 633 g/mol. The molecule has 0 radical (unpaired) electrons. The summed E-state index contributed by atoms with van der Waals surface area (Å²) < 4.78 is 2.17. The zero-order valence-corrected chi connectivity index (χ0v) is 27.8. The van der Waals surface area contributed by atoms with E-state index < -0.39 is 11.6 Å². The van der Waals surface area contributed by atoms with Gasteiger partial charge in [-0.05, 0) is 41.4 Å². The maximum Gasteiger partial charge on any atom is 0.263 e. The summed E-state index contributed by atoms with van der Waals surface area (Å²) in [4.78, 5) is 38.7. The van der Waals surface area contributed by atoms with E-state index in [1.54, 1.807) is 14.0 Å². The van der Waals surface area contributed by atoms with Crippen LogP contribution >= 0.6 is 0 Å². The number of nitrogens with one attached hydrogen (secondary N) is 1. The van der Waals surface area contributed by atoms with Crippen molar-refractivity contribution in [2.45, 2.75) is 63.1 Å². The highest BCUT2D eigenvalue weighted by Crippen LogP contribution is 2.41. The van der Waals surface area contributed by atoms with Crippen molar-refractivity contribution in [3.05, 3.63) is 126 Å². The SMILES string of the molecule is CON(C)C(=O)C(Cc1cn(C(c2ccccc2)(c2ccccc2)c2ccccc2)cn1)NC[C@@H]1C[C@H]2CCCC[C@@H]2CN1C(C)=O. The van der Waals surface area contributed by atoms with E-state index in [0.29, 0.717) is 24.8 Å². The molecular formula is C39H47N5O3. The molecule has 47 heavy (non-hydrogen) atoms. The van der Waals surface area contributed by atoms with Crippen LogP contribution in [0.1, 0.15) is 61.4 Å². The van der Waals surface area contributed by atoms with Crippen molar-refractivity contribution in [2.24, 2.45) is 11.8 Å². The smallest absolute Gasteiger partial charge is 0.263 e. The number of carbonyl (C=O) groups is 2. The molecule has 3 aromatic carbocycles. The highest BCUT2D eigenvalue weighted by Gasteiger charge is 2.40. The van der Waals surface area contributed by atoms with Gasteiger partial charge in [0, 0.05) is 45.7 Å². The second kappa shape index (κ2) is 14.7. The summed E-state index contributed by atoms with van der Waals surface area (Å²) in [5, 5.41) is 4.84. The predicted molar refractivity (Wildman–Crippen MR) is 183 cm³/mol. The summed E-state index contributed by atoms with van der Waals surface area (Å²) in [5.74, 6) is 1.16. The Morgan fingerprint density at radius 2 is 1.47 bits per heavy atom. The highest BCUT2D eigenvalue weighted by atomic mass is 16.7. The van der Waals surface area contributed by atoms with Gasteiger partial charge in [-0.3, -0.25) is 14.4 Å². The van der Waals surface area contributed by atoms with Crippen LogP contribution in [0.25, 0.3) is 0 Å². The van der Waals surface area contributed by atoms with Crippen molar-refractivity contribution in [2.75, 3.05) is 27.2 Å². The van der Waals surface area contributed by atoms with Gasteiger partial charge in [0.05, 0.1) is 25.2 Å². The average molecular weight is 634 g/mol. The number of likely N-dealkylation sites (N-methyl/N-ethyl adjacent to an activating group) is 1. The lowest BCUT2D eigenvalue weighted by atomic mass is 9.73. The van der Waals surface area contributed by atoms with Crippen molar-refractivity contribution in [3.63, 3.8) is 0 Å². The van der Waals surface area contributed by atoms with E-state index >= 15 is 0 Å². The topological polar surface area (TPSA) is 79.7 Å². The van der Waals surface area contributed by atoms with Gasteiger partial charge in [0.15, 0.2) is 0 Å². The van der Waals surface area contributed by atoms with Gasteiger partial charge in [0.25, 0.3) is 5.91 Å². The predicted octanol–water partition coefficient (Wildman–Crippen LogP) is 5.67. The number of fused-ring (bicyclic) bond motifs is 1. The highest BCUT2D eigenvalue weighted by molar-refractivity contribution is 5.81. The number of amides is 2. The van der Waals surface area contributed by atoms with Crippen LogP contribution in [0.3, 0.4) is 0 Å². The molecule has 8 heteroatoms.